The van der Waals surface area contributed by atoms with E-state index in [9.17, 15) is 9.18 Å². The molecule has 32 heavy (non-hydrogen) atoms. The number of benzene rings is 2. The Labute approximate surface area is 186 Å². The lowest BCUT2D eigenvalue weighted by Gasteiger charge is -2.36. The number of piperazine rings is 1. The zero-order chi connectivity index (χ0) is 22.2. The average Bonchev–Trinajstić information content (AvgIpc) is 2.79. The second-order valence-electron chi connectivity index (χ2n) is 8.71. The molecular formula is C25H26FN5O. The van der Waals surface area contributed by atoms with Crippen molar-refractivity contribution in [2.45, 2.75) is 26.3 Å². The van der Waals surface area contributed by atoms with E-state index in [1.165, 1.54) is 11.6 Å². The van der Waals surface area contributed by atoms with Crippen molar-refractivity contribution in [3.8, 4) is 6.07 Å². The number of aromatic amines is 1. The fraction of sp³-hybridized carbons (Fsp3) is 0.360. The molecule has 0 radical (unpaired) electrons. The van der Waals surface area contributed by atoms with Gasteiger partial charge in [0.05, 0.1) is 28.5 Å². The molecule has 0 aliphatic carbocycles. The van der Waals surface area contributed by atoms with Crippen molar-refractivity contribution in [3.63, 3.8) is 0 Å². The number of nitriles is 1. The van der Waals surface area contributed by atoms with Gasteiger partial charge in [0, 0.05) is 50.2 Å². The van der Waals surface area contributed by atoms with E-state index < -0.39 is 0 Å². The van der Waals surface area contributed by atoms with Crippen molar-refractivity contribution < 1.29 is 4.39 Å². The highest BCUT2D eigenvalue weighted by molar-refractivity contribution is 5.96. The monoisotopic (exact) mass is 431 g/mol. The first kappa shape index (κ1) is 20.5. The maximum Gasteiger partial charge on any atom is 0.253 e. The number of H-pyrrole nitrogens is 1. The summed E-state index contributed by atoms with van der Waals surface area (Å²) < 4.78 is 14.4. The molecule has 2 aliphatic rings. The summed E-state index contributed by atoms with van der Waals surface area (Å²) >= 11 is 0. The molecule has 164 valence electrons. The highest BCUT2D eigenvalue weighted by atomic mass is 19.1. The van der Waals surface area contributed by atoms with Crippen LogP contribution in [-0.2, 0) is 13.0 Å². The number of aromatic nitrogens is 1. The average molecular weight is 432 g/mol. The molecule has 3 aromatic rings. The second kappa shape index (κ2) is 8.29. The maximum atomic E-state index is 14.4. The summed E-state index contributed by atoms with van der Waals surface area (Å²) in [5, 5.41) is 13.5. The smallest absolute Gasteiger partial charge is 0.253 e. The molecule has 7 heteroatoms. The third-order valence-electron chi connectivity index (χ3n) is 6.57. The van der Waals surface area contributed by atoms with Crippen LogP contribution in [0.2, 0.25) is 0 Å². The van der Waals surface area contributed by atoms with Crippen LogP contribution in [0.25, 0.3) is 10.9 Å². The minimum Gasteiger partial charge on any atom is -0.384 e. The number of halogens is 1. The fourth-order valence-corrected chi connectivity index (χ4v) is 5.00. The number of hydrogen-bond acceptors (Lipinski definition) is 5. The first-order chi connectivity index (χ1) is 15.5. The molecule has 5 rings (SSSR count). The van der Waals surface area contributed by atoms with Gasteiger partial charge >= 0.3 is 0 Å². The third kappa shape index (κ3) is 3.71. The van der Waals surface area contributed by atoms with Gasteiger partial charge in [-0.3, -0.25) is 9.69 Å². The Hall–Kier alpha value is -3.37. The fourth-order valence-electron chi connectivity index (χ4n) is 5.00. The Balaban J connectivity index is 1.33. The van der Waals surface area contributed by atoms with E-state index in [1.807, 2.05) is 11.0 Å². The van der Waals surface area contributed by atoms with E-state index in [2.05, 4.69) is 34.3 Å². The molecule has 1 fully saturated rings. The molecule has 2 aromatic carbocycles. The normalized spacial score (nSPS) is 16.5. The van der Waals surface area contributed by atoms with E-state index >= 15 is 0 Å². The first-order valence-electron chi connectivity index (χ1n) is 11.1. The van der Waals surface area contributed by atoms with E-state index in [0.717, 1.165) is 79.8 Å². The summed E-state index contributed by atoms with van der Waals surface area (Å²) in [5.41, 5.74) is 5.98. The Morgan fingerprint density at radius 3 is 2.72 bits per heavy atom. The van der Waals surface area contributed by atoms with Gasteiger partial charge in [0.2, 0.25) is 0 Å². The minimum absolute atomic E-state index is 0.00862. The molecule has 0 bridgehead atoms. The number of rotatable bonds is 3. The third-order valence-corrected chi connectivity index (χ3v) is 6.57. The van der Waals surface area contributed by atoms with E-state index in [4.69, 9.17) is 5.26 Å². The molecule has 2 aliphatic heterocycles. The largest absolute Gasteiger partial charge is 0.384 e. The van der Waals surface area contributed by atoms with Crippen molar-refractivity contribution in [3.05, 3.63) is 68.8 Å². The lowest BCUT2D eigenvalue weighted by atomic mass is 9.97. The van der Waals surface area contributed by atoms with Gasteiger partial charge in [-0.25, -0.2) is 4.39 Å². The molecule has 2 N–H and O–H groups in total. The molecule has 0 unspecified atom stereocenters. The van der Waals surface area contributed by atoms with Crippen molar-refractivity contribution in [1.29, 1.82) is 5.26 Å². The lowest BCUT2D eigenvalue weighted by Crippen LogP contribution is -2.46. The van der Waals surface area contributed by atoms with Crippen LogP contribution < -0.4 is 15.8 Å². The first-order valence-corrected chi connectivity index (χ1v) is 11.1. The molecule has 3 heterocycles. The molecular weight excluding hydrogens is 405 g/mol. The summed E-state index contributed by atoms with van der Waals surface area (Å²) in [6, 6.07) is 10.9. The lowest BCUT2D eigenvalue weighted by molar-refractivity contribution is 0.249. The molecule has 0 amide bonds. The minimum atomic E-state index is -0.344. The van der Waals surface area contributed by atoms with Crippen LogP contribution in [-0.4, -0.2) is 42.6 Å². The Bertz CT molecular complexity index is 1280. The number of hydrogen-bond donors (Lipinski definition) is 2. The zero-order valence-corrected chi connectivity index (χ0v) is 18.2. The number of nitrogens with zero attached hydrogens (tertiary/aromatic N) is 3. The van der Waals surface area contributed by atoms with Crippen LogP contribution in [0.15, 0.2) is 35.1 Å². The van der Waals surface area contributed by atoms with Gasteiger partial charge in [-0.1, -0.05) is 6.07 Å². The maximum absolute atomic E-state index is 14.4. The predicted molar refractivity (Wildman–Crippen MR) is 125 cm³/mol. The van der Waals surface area contributed by atoms with Gasteiger partial charge in [-0.2, -0.15) is 5.26 Å². The summed E-state index contributed by atoms with van der Waals surface area (Å²) in [4.78, 5) is 20.1. The number of aryl methyl sites for hydroxylation is 1. The zero-order valence-electron chi connectivity index (χ0n) is 18.2. The van der Waals surface area contributed by atoms with Crippen molar-refractivity contribution in [2.75, 3.05) is 42.9 Å². The predicted octanol–water partition coefficient (Wildman–Crippen LogP) is 3.53. The van der Waals surface area contributed by atoms with Crippen LogP contribution in [0.1, 0.15) is 28.7 Å². The molecule has 6 nitrogen and oxygen atoms in total. The van der Waals surface area contributed by atoms with Crippen LogP contribution in [0.5, 0.6) is 0 Å². The molecule has 0 saturated carbocycles. The van der Waals surface area contributed by atoms with Crippen LogP contribution in [0, 0.1) is 24.1 Å². The summed E-state index contributed by atoms with van der Waals surface area (Å²) in [6.45, 7) is 6.88. The molecule has 1 saturated heterocycles. The standard InChI is InChI=1S/C25H26FN5O/c1-16-11-18(13-21-23(16)24-19(25(32)29-21)3-2-6-28-24)15-30-7-9-31(10-8-30)22-5-4-17(14-27)12-20(22)26/h4-5,11-13,28H,2-3,6-10,15H2,1H3,(H,29,32). The van der Waals surface area contributed by atoms with Gasteiger partial charge in [0.15, 0.2) is 0 Å². The van der Waals surface area contributed by atoms with Crippen molar-refractivity contribution in [1.82, 2.24) is 9.88 Å². The molecule has 0 spiro atoms. The van der Waals surface area contributed by atoms with Crippen molar-refractivity contribution in [2.24, 2.45) is 0 Å². The quantitative estimate of drug-likeness (QED) is 0.664. The molecule has 0 atom stereocenters. The summed E-state index contributed by atoms with van der Waals surface area (Å²) in [7, 11) is 0. The van der Waals surface area contributed by atoms with Crippen LogP contribution in [0.3, 0.4) is 0 Å². The van der Waals surface area contributed by atoms with E-state index in [0.29, 0.717) is 11.3 Å². The van der Waals surface area contributed by atoms with Crippen molar-refractivity contribution >= 4 is 22.3 Å². The van der Waals surface area contributed by atoms with Gasteiger partial charge in [-0.05, 0) is 55.2 Å². The Kier molecular flexibility index (Phi) is 5.32. The highest BCUT2D eigenvalue weighted by Gasteiger charge is 2.21. The van der Waals surface area contributed by atoms with Crippen LogP contribution in [0.4, 0.5) is 15.8 Å². The van der Waals surface area contributed by atoms with E-state index in [1.54, 1.807) is 12.1 Å². The van der Waals surface area contributed by atoms with Gasteiger partial charge < -0.3 is 15.2 Å². The number of pyridine rings is 1. The van der Waals surface area contributed by atoms with Gasteiger partial charge in [0.25, 0.3) is 5.56 Å². The van der Waals surface area contributed by atoms with Crippen LogP contribution >= 0.6 is 0 Å². The topological polar surface area (TPSA) is 75.2 Å². The number of anilines is 2. The van der Waals surface area contributed by atoms with Gasteiger partial charge in [-0.15, -0.1) is 0 Å². The Morgan fingerprint density at radius 1 is 1.16 bits per heavy atom. The highest BCUT2D eigenvalue weighted by Crippen LogP contribution is 2.31. The van der Waals surface area contributed by atoms with Gasteiger partial charge in [0.1, 0.15) is 5.82 Å². The number of fused-ring (bicyclic) bond motifs is 3. The molecule has 1 aromatic heterocycles. The second-order valence-corrected chi connectivity index (χ2v) is 8.71. The number of nitrogens with one attached hydrogen (secondary N) is 2. The summed E-state index contributed by atoms with van der Waals surface area (Å²) in [6.07, 6.45) is 1.80. The summed E-state index contributed by atoms with van der Waals surface area (Å²) in [5.74, 6) is -0.344. The van der Waals surface area contributed by atoms with E-state index in [-0.39, 0.29) is 11.4 Å². The SMILES string of the molecule is Cc1cc(CN2CCN(c3ccc(C#N)cc3F)CC2)cc2[nH]c(=O)c3c(c12)NCCC3. The Morgan fingerprint density at radius 2 is 1.97 bits per heavy atom.